The molecule has 2 aromatic rings. The van der Waals surface area contributed by atoms with Crippen molar-refractivity contribution in [2.75, 3.05) is 32.1 Å². The number of pyridine rings is 1. The summed E-state index contributed by atoms with van der Waals surface area (Å²) in [6, 6.07) is 9.61. The van der Waals surface area contributed by atoms with Crippen molar-refractivity contribution in [3.05, 3.63) is 52.7 Å². The molecule has 1 saturated heterocycles. The Morgan fingerprint density at radius 3 is 2.54 bits per heavy atom. The first kappa shape index (κ1) is 18.5. The molecule has 0 N–H and O–H groups in total. The number of benzene rings is 1. The van der Waals surface area contributed by atoms with Gasteiger partial charge in [0.25, 0.3) is 5.91 Å². The van der Waals surface area contributed by atoms with Crippen LogP contribution in [0.4, 0.5) is 5.82 Å². The van der Waals surface area contributed by atoms with Gasteiger partial charge in [0, 0.05) is 32.9 Å². The number of anilines is 1. The molecule has 138 valence electrons. The topological polar surface area (TPSA) is 45.7 Å². The number of likely N-dealkylation sites (tertiary alicyclic amines) is 1. The number of methoxy groups -OCH3 is 1. The largest absolute Gasteiger partial charge is 0.497 e. The molecule has 0 bridgehead atoms. The summed E-state index contributed by atoms with van der Waals surface area (Å²) in [5.41, 5.74) is 1.68. The van der Waals surface area contributed by atoms with Crippen molar-refractivity contribution >= 4 is 23.3 Å². The minimum Gasteiger partial charge on any atom is -0.497 e. The first-order valence-electron chi connectivity index (χ1n) is 8.87. The molecule has 0 saturated carbocycles. The van der Waals surface area contributed by atoms with E-state index in [-0.39, 0.29) is 5.91 Å². The van der Waals surface area contributed by atoms with E-state index in [9.17, 15) is 4.79 Å². The summed E-state index contributed by atoms with van der Waals surface area (Å²) < 4.78 is 5.18. The zero-order valence-corrected chi connectivity index (χ0v) is 16.0. The van der Waals surface area contributed by atoms with Crippen LogP contribution in [-0.4, -0.2) is 43.0 Å². The summed E-state index contributed by atoms with van der Waals surface area (Å²) in [5.74, 6) is 1.51. The van der Waals surface area contributed by atoms with E-state index >= 15 is 0 Å². The molecule has 0 radical (unpaired) electrons. The fourth-order valence-corrected chi connectivity index (χ4v) is 3.50. The molecule has 1 fully saturated rings. The molecular formula is C20H24ClN3O2. The van der Waals surface area contributed by atoms with Gasteiger partial charge in [0.15, 0.2) is 0 Å². The summed E-state index contributed by atoms with van der Waals surface area (Å²) >= 11 is 6.43. The van der Waals surface area contributed by atoms with Crippen LogP contribution in [0.3, 0.4) is 0 Å². The van der Waals surface area contributed by atoms with Crippen molar-refractivity contribution < 1.29 is 9.53 Å². The van der Waals surface area contributed by atoms with Crippen LogP contribution >= 0.6 is 11.6 Å². The summed E-state index contributed by atoms with van der Waals surface area (Å²) in [6.07, 6.45) is 4.95. The summed E-state index contributed by atoms with van der Waals surface area (Å²) in [4.78, 5) is 20.9. The van der Waals surface area contributed by atoms with Gasteiger partial charge >= 0.3 is 0 Å². The highest BCUT2D eigenvalue weighted by atomic mass is 35.5. The number of piperidine rings is 1. The molecule has 1 aliphatic heterocycles. The summed E-state index contributed by atoms with van der Waals surface area (Å²) in [7, 11) is 3.59. The van der Waals surface area contributed by atoms with Crippen molar-refractivity contribution in [1.82, 2.24) is 9.88 Å². The molecule has 6 heteroatoms. The Kier molecular flexibility index (Phi) is 5.99. The van der Waals surface area contributed by atoms with Gasteiger partial charge in [-0.25, -0.2) is 4.98 Å². The number of hydrogen-bond acceptors (Lipinski definition) is 4. The number of amides is 1. The monoisotopic (exact) mass is 373 g/mol. The van der Waals surface area contributed by atoms with Gasteiger partial charge in [-0.2, -0.15) is 0 Å². The normalized spacial score (nSPS) is 14.2. The van der Waals surface area contributed by atoms with Crippen LogP contribution in [0.2, 0.25) is 5.02 Å². The number of carbonyl (C=O) groups is 1. The number of hydrogen-bond donors (Lipinski definition) is 0. The first-order chi connectivity index (χ1) is 12.6. The van der Waals surface area contributed by atoms with Crippen LogP contribution in [0.1, 0.15) is 35.2 Å². The molecule has 1 aromatic carbocycles. The van der Waals surface area contributed by atoms with Crippen molar-refractivity contribution in [3.8, 4) is 5.75 Å². The average molecular weight is 374 g/mol. The molecule has 2 heterocycles. The Hall–Kier alpha value is -2.27. The third-order valence-corrected chi connectivity index (χ3v) is 4.93. The highest BCUT2D eigenvalue weighted by Gasteiger charge is 2.20. The van der Waals surface area contributed by atoms with E-state index in [1.807, 2.05) is 41.1 Å². The first-order valence-corrected chi connectivity index (χ1v) is 9.25. The van der Waals surface area contributed by atoms with E-state index in [1.165, 1.54) is 6.42 Å². The van der Waals surface area contributed by atoms with Crippen molar-refractivity contribution in [2.24, 2.45) is 0 Å². The Morgan fingerprint density at radius 1 is 1.23 bits per heavy atom. The number of nitrogens with zero attached hydrogens (tertiary/aromatic N) is 3. The molecule has 1 aromatic heterocycles. The lowest BCUT2D eigenvalue weighted by Crippen LogP contribution is -2.35. The third kappa shape index (κ3) is 4.28. The molecule has 0 atom stereocenters. The zero-order chi connectivity index (χ0) is 18.5. The second-order valence-electron chi connectivity index (χ2n) is 6.59. The predicted octanol–water partition coefficient (Wildman–Crippen LogP) is 4.01. The molecule has 1 amide bonds. The lowest BCUT2D eigenvalue weighted by Gasteiger charge is -2.27. The minimum absolute atomic E-state index is 0.0171. The maximum atomic E-state index is 12.6. The van der Waals surface area contributed by atoms with Crippen molar-refractivity contribution in [3.63, 3.8) is 0 Å². The van der Waals surface area contributed by atoms with E-state index in [4.69, 9.17) is 16.3 Å². The molecular weight excluding hydrogens is 350 g/mol. The smallest absolute Gasteiger partial charge is 0.255 e. The highest BCUT2D eigenvalue weighted by Crippen LogP contribution is 2.26. The Bertz CT molecular complexity index is 758. The Morgan fingerprint density at radius 2 is 1.92 bits per heavy atom. The Labute approximate surface area is 159 Å². The standard InChI is InChI=1S/C20H24ClN3O2/c1-23(14-15-6-8-17(26-2)9-7-15)19-18(21)12-16(13-22-19)20(25)24-10-4-3-5-11-24/h6-9,12-13H,3-5,10-11,14H2,1-2H3. The van der Waals surface area contributed by atoms with Crippen molar-refractivity contribution in [1.29, 1.82) is 0 Å². The SMILES string of the molecule is COc1ccc(CN(C)c2ncc(C(=O)N3CCCCC3)cc2Cl)cc1. The summed E-state index contributed by atoms with van der Waals surface area (Å²) in [6.45, 7) is 2.29. The third-order valence-electron chi connectivity index (χ3n) is 4.65. The molecule has 0 unspecified atom stereocenters. The zero-order valence-electron chi connectivity index (χ0n) is 15.2. The van der Waals surface area contributed by atoms with E-state index in [2.05, 4.69) is 4.98 Å². The van der Waals surface area contributed by atoms with Gasteiger partial charge in [0.1, 0.15) is 11.6 Å². The van der Waals surface area contributed by atoms with Gasteiger partial charge in [0.05, 0.1) is 17.7 Å². The van der Waals surface area contributed by atoms with Crippen LogP contribution in [0, 0.1) is 0 Å². The number of ether oxygens (including phenoxy) is 1. The number of rotatable bonds is 5. The maximum absolute atomic E-state index is 12.6. The Balaban J connectivity index is 1.70. The number of halogens is 1. The fourth-order valence-electron chi connectivity index (χ4n) is 3.19. The predicted molar refractivity (Wildman–Crippen MR) is 104 cm³/mol. The van der Waals surface area contributed by atoms with Gasteiger partial charge in [-0.05, 0) is 43.0 Å². The molecule has 0 aliphatic carbocycles. The van der Waals surface area contributed by atoms with E-state index in [0.717, 1.165) is 37.2 Å². The molecule has 5 nitrogen and oxygen atoms in total. The van der Waals surface area contributed by atoms with Gasteiger partial charge in [-0.3, -0.25) is 4.79 Å². The molecule has 0 spiro atoms. The maximum Gasteiger partial charge on any atom is 0.255 e. The van der Waals surface area contributed by atoms with E-state index in [1.54, 1.807) is 19.4 Å². The second kappa shape index (κ2) is 8.41. The van der Waals surface area contributed by atoms with Crippen LogP contribution in [-0.2, 0) is 6.54 Å². The fraction of sp³-hybridized carbons (Fsp3) is 0.400. The number of carbonyl (C=O) groups excluding carboxylic acids is 1. The lowest BCUT2D eigenvalue weighted by molar-refractivity contribution is 0.0724. The van der Waals surface area contributed by atoms with Gasteiger partial charge in [-0.1, -0.05) is 23.7 Å². The van der Waals surface area contributed by atoms with Gasteiger partial charge in [-0.15, -0.1) is 0 Å². The number of aromatic nitrogens is 1. The van der Waals surface area contributed by atoms with Crippen LogP contribution < -0.4 is 9.64 Å². The van der Waals surface area contributed by atoms with E-state index < -0.39 is 0 Å². The van der Waals surface area contributed by atoms with Crippen LogP contribution in [0.15, 0.2) is 36.5 Å². The molecule has 3 rings (SSSR count). The quantitative estimate of drug-likeness (QED) is 0.794. The summed E-state index contributed by atoms with van der Waals surface area (Å²) in [5, 5.41) is 0.490. The molecule has 26 heavy (non-hydrogen) atoms. The van der Waals surface area contributed by atoms with Crippen LogP contribution in [0.5, 0.6) is 5.75 Å². The van der Waals surface area contributed by atoms with E-state index in [0.29, 0.717) is 22.9 Å². The van der Waals surface area contributed by atoms with Gasteiger partial charge < -0.3 is 14.5 Å². The molecule has 1 aliphatic rings. The average Bonchev–Trinajstić information content (AvgIpc) is 2.68. The minimum atomic E-state index is 0.0171. The lowest BCUT2D eigenvalue weighted by atomic mass is 10.1. The van der Waals surface area contributed by atoms with Crippen LogP contribution in [0.25, 0.3) is 0 Å². The van der Waals surface area contributed by atoms with Gasteiger partial charge in [0.2, 0.25) is 0 Å². The van der Waals surface area contributed by atoms with Crippen molar-refractivity contribution in [2.45, 2.75) is 25.8 Å². The second-order valence-corrected chi connectivity index (χ2v) is 6.99. The highest BCUT2D eigenvalue weighted by molar-refractivity contribution is 6.33.